The monoisotopic (exact) mass is 376 g/mol. The molecule has 0 saturated heterocycles. The van der Waals surface area contributed by atoms with E-state index in [4.69, 9.17) is 27.9 Å². The van der Waals surface area contributed by atoms with Crippen LogP contribution in [0.5, 0.6) is 5.75 Å². The number of benzene rings is 1. The summed E-state index contributed by atoms with van der Waals surface area (Å²) in [4.78, 5) is 0. The van der Waals surface area contributed by atoms with E-state index in [0.717, 1.165) is 37.4 Å². The minimum Gasteiger partial charge on any atom is -0.492 e. The van der Waals surface area contributed by atoms with E-state index in [-0.39, 0.29) is 24.8 Å². The molecule has 0 bridgehead atoms. The van der Waals surface area contributed by atoms with Gasteiger partial charge in [-0.25, -0.2) is 0 Å². The molecule has 0 spiro atoms. The van der Waals surface area contributed by atoms with Crippen molar-refractivity contribution in [2.45, 2.75) is 26.8 Å². The lowest BCUT2D eigenvalue weighted by atomic mass is 10.2. The van der Waals surface area contributed by atoms with Gasteiger partial charge in [-0.2, -0.15) is 0 Å². The lowest BCUT2D eigenvalue weighted by molar-refractivity contribution is 0.335. The Kier molecular flexibility index (Phi) is 15.3. The molecule has 1 rings (SSSR count). The highest BCUT2D eigenvalue weighted by Crippen LogP contribution is 2.32. The summed E-state index contributed by atoms with van der Waals surface area (Å²) in [7, 11) is 0. The maximum absolute atomic E-state index is 6.15. The van der Waals surface area contributed by atoms with Gasteiger partial charge in [0, 0.05) is 17.1 Å². The van der Waals surface area contributed by atoms with E-state index in [1.807, 2.05) is 13.0 Å². The average molecular weight is 378 g/mol. The predicted octanol–water partition coefficient (Wildman–Crippen LogP) is 4.32. The Morgan fingerprint density at radius 2 is 1.71 bits per heavy atom. The second kappa shape index (κ2) is 13.7. The van der Waals surface area contributed by atoms with Crippen LogP contribution in [0.3, 0.4) is 0 Å². The molecule has 0 aliphatic rings. The first-order valence-corrected chi connectivity index (χ1v) is 7.46. The molecule has 1 aromatic carbocycles. The van der Waals surface area contributed by atoms with Crippen LogP contribution in [0.25, 0.3) is 0 Å². The lowest BCUT2D eigenvalue weighted by Gasteiger charge is -2.13. The summed E-state index contributed by atoms with van der Waals surface area (Å²) in [6.45, 7) is 8.34. The van der Waals surface area contributed by atoms with Crippen molar-refractivity contribution in [1.29, 1.82) is 0 Å². The van der Waals surface area contributed by atoms with Crippen molar-refractivity contribution in [1.82, 2.24) is 10.6 Å². The minimum absolute atomic E-state index is 0. The van der Waals surface area contributed by atoms with Gasteiger partial charge in [0.05, 0.1) is 11.6 Å². The van der Waals surface area contributed by atoms with Crippen LogP contribution in [0.2, 0.25) is 10.0 Å². The van der Waals surface area contributed by atoms with Gasteiger partial charge >= 0.3 is 0 Å². The van der Waals surface area contributed by atoms with Crippen molar-refractivity contribution in [2.24, 2.45) is 0 Å². The van der Waals surface area contributed by atoms with E-state index in [1.54, 1.807) is 6.07 Å². The summed E-state index contributed by atoms with van der Waals surface area (Å²) >= 11 is 12.2. The highest BCUT2D eigenvalue weighted by atomic mass is 35.5. The van der Waals surface area contributed by atoms with E-state index in [9.17, 15) is 0 Å². The number of hydrogen-bond donors (Lipinski definition) is 2. The Hall–Kier alpha value is 0.1000. The second-order valence-electron chi connectivity index (χ2n) is 4.19. The second-order valence-corrected chi connectivity index (χ2v) is 5.04. The summed E-state index contributed by atoms with van der Waals surface area (Å²) in [5, 5.41) is 7.87. The highest BCUT2D eigenvalue weighted by molar-refractivity contribution is 6.35. The molecule has 0 aliphatic heterocycles. The van der Waals surface area contributed by atoms with Crippen molar-refractivity contribution in [2.75, 3.05) is 26.2 Å². The number of ether oxygens (including phenoxy) is 1. The zero-order chi connectivity index (χ0) is 14.1. The molecule has 3 nitrogen and oxygen atoms in total. The molecule has 7 heteroatoms. The molecule has 0 radical (unpaired) electrons. The van der Waals surface area contributed by atoms with Gasteiger partial charge in [-0.1, -0.05) is 30.1 Å². The van der Waals surface area contributed by atoms with Crippen LogP contribution >= 0.6 is 48.0 Å². The first kappa shape index (κ1) is 23.4. The zero-order valence-electron chi connectivity index (χ0n) is 12.4. The van der Waals surface area contributed by atoms with E-state index < -0.39 is 0 Å². The van der Waals surface area contributed by atoms with Gasteiger partial charge in [0.15, 0.2) is 0 Å². The molecular weight excluding hydrogens is 354 g/mol. The molecule has 21 heavy (non-hydrogen) atoms. The molecule has 0 fully saturated rings. The van der Waals surface area contributed by atoms with Crippen LogP contribution in [-0.2, 0) is 6.54 Å². The molecule has 0 unspecified atom stereocenters. The summed E-state index contributed by atoms with van der Waals surface area (Å²) < 4.78 is 5.58. The topological polar surface area (TPSA) is 33.3 Å². The van der Waals surface area contributed by atoms with Gasteiger partial charge in [-0.05, 0) is 45.1 Å². The summed E-state index contributed by atoms with van der Waals surface area (Å²) in [6.07, 6.45) is 1.09. The van der Waals surface area contributed by atoms with Crippen molar-refractivity contribution in [3.05, 3.63) is 27.7 Å². The third-order valence-corrected chi connectivity index (χ3v) is 3.15. The first-order chi connectivity index (χ1) is 9.19. The zero-order valence-corrected chi connectivity index (χ0v) is 15.5. The molecule has 2 N–H and O–H groups in total. The predicted molar refractivity (Wildman–Crippen MR) is 97.0 cm³/mol. The van der Waals surface area contributed by atoms with Gasteiger partial charge in [0.2, 0.25) is 0 Å². The summed E-state index contributed by atoms with van der Waals surface area (Å²) in [6, 6.07) is 3.61. The van der Waals surface area contributed by atoms with E-state index >= 15 is 0 Å². The van der Waals surface area contributed by atoms with Crippen LogP contribution in [0, 0.1) is 0 Å². The van der Waals surface area contributed by atoms with Crippen molar-refractivity contribution in [3.8, 4) is 5.75 Å². The molecule has 1 aromatic rings. The Labute approximate surface area is 149 Å². The maximum atomic E-state index is 6.15. The Bertz CT molecular complexity index is 391. The molecule has 0 aromatic heterocycles. The van der Waals surface area contributed by atoms with Crippen LogP contribution in [0.4, 0.5) is 0 Å². The Morgan fingerprint density at radius 3 is 2.33 bits per heavy atom. The van der Waals surface area contributed by atoms with Crippen LogP contribution in [-0.4, -0.2) is 26.2 Å². The summed E-state index contributed by atoms with van der Waals surface area (Å²) in [5.74, 6) is 0.729. The fourth-order valence-corrected chi connectivity index (χ4v) is 2.38. The fourth-order valence-electron chi connectivity index (χ4n) is 1.79. The largest absolute Gasteiger partial charge is 0.492 e. The third-order valence-electron chi connectivity index (χ3n) is 2.65. The smallest absolute Gasteiger partial charge is 0.142 e. The minimum atomic E-state index is 0. The van der Waals surface area contributed by atoms with Gasteiger partial charge in [-0.15, -0.1) is 24.8 Å². The normalized spacial score (nSPS) is 9.71. The third kappa shape index (κ3) is 8.97. The van der Waals surface area contributed by atoms with Crippen LogP contribution < -0.4 is 15.4 Å². The number of halogens is 4. The van der Waals surface area contributed by atoms with E-state index in [0.29, 0.717) is 23.2 Å². The number of nitrogens with one attached hydrogen (secondary N) is 2. The van der Waals surface area contributed by atoms with Gasteiger partial charge in [-0.3, -0.25) is 0 Å². The van der Waals surface area contributed by atoms with Crippen molar-refractivity contribution >= 4 is 48.0 Å². The van der Waals surface area contributed by atoms with E-state index in [2.05, 4.69) is 17.6 Å². The van der Waals surface area contributed by atoms with Crippen molar-refractivity contribution < 1.29 is 4.74 Å². The number of rotatable bonds is 9. The Balaban J connectivity index is 0. The maximum Gasteiger partial charge on any atom is 0.142 e. The Morgan fingerprint density at radius 1 is 1.05 bits per heavy atom. The van der Waals surface area contributed by atoms with Gasteiger partial charge < -0.3 is 15.4 Å². The van der Waals surface area contributed by atoms with Crippen molar-refractivity contribution in [3.63, 3.8) is 0 Å². The molecule has 0 saturated carbocycles. The van der Waals surface area contributed by atoms with Crippen LogP contribution in [0.1, 0.15) is 25.8 Å². The summed E-state index contributed by atoms with van der Waals surface area (Å²) in [5.41, 5.74) is 1.00. The molecule has 0 heterocycles. The fraction of sp³-hybridized carbons (Fsp3) is 0.571. The molecule has 0 atom stereocenters. The highest BCUT2D eigenvalue weighted by Gasteiger charge is 2.09. The van der Waals surface area contributed by atoms with E-state index in [1.165, 1.54) is 0 Å². The standard InChI is InChI=1S/C14H22Cl2N2O.2ClH/c1-3-17-6-5-7-18-10-11-8-12(15)9-13(16)14(11)19-4-2;;/h8-9,17-18H,3-7,10H2,1-2H3;2*1H. The van der Waals surface area contributed by atoms with Crippen LogP contribution in [0.15, 0.2) is 12.1 Å². The molecule has 0 amide bonds. The number of hydrogen-bond acceptors (Lipinski definition) is 3. The first-order valence-electron chi connectivity index (χ1n) is 6.71. The average Bonchev–Trinajstić information content (AvgIpc) is 2.37. The lowest BCUT2D eigenvalue weighted by Crippen LogP contribution is -2.21. The molecule has 0 aliphatic carbocycles. The molecular formula is C14H24Cl4N2O. The van der Waals surface area contributed by atoms with Gasteiger partial charge in [0.25, 0.3) is 0 Å². The van der Waals surface area contributed by atoms with Gasteiger partial charge in [0.1, 0.15) is 5.75 Å². The SMILES string of the molecule is CCNCCCNCc1cc(Cl)cc(Cl)c1OCC.Cl.Cl. The quantitative estimate of drug-likeness (QED) is 0.628. The molecule has 124 valence electrons.